The maximum atomic E-state index is 12.4. The topological polar surface area (TPSA) is 95.1 Å². The van der Waals surface area contributed by atoms with Crippen LogP contribution in [-0.2, 0) is 4.74 Å². The van der Waals surface area contributed by atoms with Gasteiger partial charge in [-0.15, -0.1) is 0 Å². The molecule has 0 heterocycles. The van der Waals surface area contributed by atoms with Gasteiger partial charge in [-0.3, -0.25) is 20.4 Å². The second-order valence-electron chi connectivity index (χ2n) is 5.32. The summed E-state index contributed by atoms with van der Waals surface area (Å²) in [7, 11) is 4.54. The summed E-state index contributed by atoms with van der Waals surface area (Å²) in [4.78, 5) is 24.6. The van der Waals surface area contributed by atoms with Crippen LogP contribution in [0.4, 0.5) is 0 Å². The van der Waals surface area contributed by atoms with E-state index in [2.05, 4.69) is 10.9 Å². The highest BCUT2D eigenvalue weighted by Gasteiger charge is 2.15. The van der Waals surface area contributed by atoms with Gasteiger partial charge in [0.05, 0.1) is 26.4 Å². The lowest BCUT2D eigenvalue weighted by atomic mass is 10.2. The van der Waals surface area contributed by atoms with E-state index in [9.17, 15) is 9.59 Å². The van der Waals surface area contributed by atoms with Gasteiger partial charge in [-0.25, -0.2) is 0 Å². The minimum atomic E-state index is -0.503. The molecule has 0 fully saturated rings. The molecule has 144 valence electrons. The summed E-state index contributed by atoms with van der Waals surface area (Å²) in [5.74, 6) is 0.305. The van der Waals surface area contributed by atoms with Gasteiger partial charge in [0.2, 0.25) is 0 Å². The minimum absolute atomic E-state index is 0.293. The van der Waals surface area contributed by atoms with Gasteiger partial charge in [-0.05, 0) is 30.3 Å². The summed E-state index contributed by atoms with van der Waals surface area (Å²) in [5, 5.41) is 0. The van der Waals surface area contributed by atoms with E-state index < -0.39 is 11.8 Å². The predicted molar refractivity (Wildman–Crippen MR) is 98.3 cm³/mol. The van der Waals surface area contributed by atoms with E-state index in [1.54, 1.807) is 43.5 Å². The Morgan fingerprint density at radius 3 is 2.22 bits per heavy atom. The first-order valence-electron chi connectivity index (χ1n) is 8.14. The van der Waals surface area contributed by atoms with Crippen molar-refractivity contribution in [3.8, 4) is 17.2 Å². The molecule has 2 amide bonds. The second kappa shape index (κ2) is 10.0. The molecule has 0 unspecified atom stereocenters. The highest BCUT2D eigenvalue weighted by Crippen LogP contribution is 2.27. The maximum Gasteiger partial charge on any atom is 0.273 e. The molecule has 8 heteroatoms. The minimum Gasteiger partial charge on any atom is -0.493 e. The van der Waals surface area contributed by atoms with Crippen LogP contribution < -0.4 is 25.1 Å². The standard InChI is InChI=1S/C19H22N2O6/c1-24-10-11-27-15-7-5-4-6-14(15)19(23)21-20-18(22)13-8-9-16(25-2)17(12-13)26-3/h4-9,12H,10-11H2,1-3H3,(H,20,22)(H,21,23). The number of hydrogen-bond acceptors (Lipinski definition) is 6. The van der Waals surface area contributed by atoms with Crippen LogP contribution in [0.3, 0.4) is 0 Å². The molecule has 8 nitrogen and oxygen atoms in total. The van der Waals surface area contributed by atoms with Crippen LogP contribution >= 0.6 is 0 Å². The first-order valence-corrected chi connectivity index (χ1v) is 8.14. The average molecular weight is 374 g/mol. The summed E-state index contributed by atoms with van der Waals surface area (Å²) >= 11 is 0. The van der Waals surface area contributed by atoms with Crippen LogP contribution in [0.5, 0.6) is 17.2 Å². The van der Waals surface area contributed by atoms with Crippen molar-refractivity contribution in [3.63, 3.8) is 0 Å². The smallest absolute Gasteiger partial charge is 0.273 e. The molecule has 0 spiro atoms. The van der Waals surface area contributed by atoms with Gasteiger partial charge in [-0.2, -0.15) is 0 Å². The van der Waals surface area contributed by atoms with Gasteiger partial charge in [0.1, 0.15) is 12.4 Å². The van der Waals surface area contributed by atoms with Crippen LogP contribution in [0.2, 0.25) is 0 Å². The van der Waals surface area contributed by atoms with E-state index in [-0.39, 0.29) is 0 Å². The molecule has 2 N–H and O–H groups in total. The molecule has 0 aliphatic carbocycles. The molecule has 0 bridgehead atoms. The number of carbonyl (C=O) groups is 2. The van der Waals surface area contributed by atoms with Gasteiger partial charge in [0, 0.05) is 12.7 Å². The van der Waals surface area contributed by atoms with Crippen LogP contribution in [0, 0.1) is 0 Å². The first-order chi connectivity index (χ1) is 13.1. The third-order valence-corrected chi connectivity index (χ3v) is 3.61. The fourth-order valence-electron chi connectivity index (χ4n) is 2.25. The van der Waals surface area contributed by atoms with E-state index in [1.165, 1.54) is 20.3 Å². The highest BCUT2D eigenvalue weighted by molar-refractivity contribution is 6.00. The largest absolute Gasteiger partial charge is 0.493 e. The van der Waals surface area contributed by atoms with Crippen molar-refractivity contribution in [2.45, 2.75) is 0 Å². The van der Waals surface area contributed by atoms with Gasteiger partial charge in [-0.1, -0.05) is 12.1 Å². The van der Waals surface area contributed by atoms with Gasteiger partial charge < -0.3 is 18.9 Å². The van der Waals surface area contributed by atoms with Crippen molar-refractivity contribution >= 4 is 11.8 Å². The van der Waals surface area contributed by atoms with Crippen molar-refractivity contribution in [2.24, 2.45) is 0 Å². The quantitative estimate of drug-likeness (QED) is 0.540. The molecular formula is C19H22N2O6. The number of nitrogens with one attached hydrogen (secondary N) is 2. The fraction of sp³-hybridized carbons (Fsp3) is 0.263. The Labute approximate surface area is 157 Å². The highest BCUT2D eigenvalue weighted by atomic mass is 16.5. The number of hydrogen-bond donors (Lipinski definition) is 2. The normalized spacial score (nSPS) is 10.0. The number of carbonyl (C=O) groups excluding carboxylic acids is 2. The summed E-state index contributed by atoms with van der Waals surface area (Å²) in [6.07, 6.45) is 0. The molecule has 0 radical (unpaired) electrons. The Bertz CT molecular complexity index is 794. The van der Waals surface area contributed by atoms with Crippen LogP contribution in [0.1, 0.15) is 20.7 Å². The fourth-order valence-corrected chi connectivity index (χ4v) is 2.25. The Balaban J connectivity index is 2.02. The lowest BCUT2D eigenvalue weighted by molar-refractivity contribution is 0.0842. The SMILES string of the molecule is COCCOc1ccccc1C(=O)NNC(=O)c1ccc(OC)c(OC)c1. The zero-order valence-corrected chi connectivity index (χ0v) is 15.4. The predicted octanol–water partition coefficient (Wildman–Crippen LogP) is 1.80. The summed E-state index contributed by atoms with van der Waals surface area (Å²) in [5.41, 5.74) is 5.33. The zero-order chi connectivity index (χ0) is 19.6. The molecule has 0 atom stereocenters. The number of ether oxygens (including phenoxy) is 4. The number of amides is 2. The second-order valence-corrected chi connectivity index (χ2v) is 5.32. The van der Waals surface area contributed by atoms with Crippen molar-refractivity contribution in [1.82, 2.24) is 10.9 Å². The molecule has 0 aromatic heterocycles. The molecule has 27 heavy (non-hydrogen) atoms. The summed E-state index contributed by atoms with van der Waals surface area (Å²) in [6.45, 7) is 0.699. The van der Waals surface area contributed by atoms with Crippen LogP contribution in [-0.4, -0.2) is 46.4 Å². The number of benzene rings is 2. The molecule has 0 saturated heterocycles. The molecule has 2 aromatic carbocycles. The molecule has 2 aromatic rings. The van der Waals surface area contributed by atoms with Gasteiger partial charge >= 0.3 is 0 Å². The maximum absolute atomic E-state index is 12.4. The van der Waals surface area contributed by atoms with Crippen molar-refractivity contribution in [1.29, 1.82) is 0 Å². The lowest BCUT2D eigenvalue weighted by Crippen LogP contribution is -2.41. The van der Waals surface area contributed by atoms with Gasteiger partial charge in [0.15, 0.2) is 11.5 Å². The number of methoxy groups -OCH3 is 3. The number of hydrazine groups is 1. The van der Waals surface area contributed by atoms with E-state index in [4.69, 9.17) is 18.9 Å². The Morgan fingerprint density at radius 2 is 1.52 bits per heavy atom. The molecular weight excluding hydrogens is 352 g/mol. The third kappa shape index (κ3) is 5.35. The first kappa shape index (κ1) is 20.1. The zero-order valence-electron chi connectivity index (χ0n) is 15.4. The van der Waals surface area contributed by atoms with Gasteiger partial charge in [0.25, 0.3) is 11.8 Å². The number of para-hydroxylation sites is 1. The van der Waals surface area contributed by atoms with E-state index in [0.717, 1.165) is 0 Å². The third-order valence-electron chi connectivity index (χ3n) is 3.61. The van der Waals surface area contributed by atoms with Crippen molar-refractivity contribution < 1.29 is 28.5 Å². The summed E-state index contributed by atoms with van der Waals surface area (Å²) < 4.78 is 20.7. The lowest BCUT2D eigenvalue weighted by Gasteiger charge is -2.13. The van der Waals surface area contributed by atoms with Crippen LogP contribution in [0.25, 0.3) is 0 Å². The monoisotopic (exact) mass is 374 g/mol. The van der Waals surface area contributed by atoms with Crippen molar-refractivity contribution in [2.75, 3.05) is 34.5 Å². The van der Waals surface area contributed by atoms with E-state index in [0.29, 0.717) is 41.6 Å². The summed E-state index contributed by atoms with van der Waals surface area (Å²) in [6, 6.07) is 11.4. The number of rotatable bonds is 8. The van der Waals surface area contributed by atoms with Crippen LogP contribution in [0.15, 0.2) is 42.5 Å². The average Bonchev–Trinajstić information content (AvgIpc) is 2.71. The Kier molecular flexibility index (Phi) is 7.45. The van der Waals surface area contributed by atoms with E-state index >= 15 is 0 Å². The molecule has 0 aliphatic rings. The van der Waals surface area contributed by atoms with Crippen molar-refractivity contribution in [3.05, 3.63) is 53.6 Å². The Hall–Kier alpha value is -3.26. The van der Waals surface area contributed by atoms with E-state index in [1.807, 2.05) is 0 Å². The molecule has 2 rings (SSSR count). The Morgan fingerprint density at radius 1 is 0.815 bits per heavy atom. The molecule has 0 aliphatic heterocycles. The molecule has 0 saturated carbocycles.